The van der Waals surface area contributed by atoms with Crippen LogP contribution in [0.15, 0.2) is 24.3 Å². The Morgan fingerprint density at radius 3 is 2.50 bits per heavy atom. The van der Waals surface area contributed by atoms with E-state index in [9.17, 15) is 9.59 Å². The molecule has 5 nitrogen and oxygen atoms in total. The van der Waals surface area contributed by atoms with Gasteiger partial charge in [0.15, 0.2) is 0 Å². The highest BCUT2D eigenvalue weighted by molar-refractivity contribution is 6.09. The van der Waals surface area contributed by atoms with Gasteiger partial charge in [-0.2, -0.15) is 0 Å². The second kappa shape index (κ2) is 8.87. The maximum absolute atomic E-state index is 12.9. The monoisotopic (exact) mass is 379 g/mol. The van der Waals surface area contributed by atoms with Gasteiger partial charge < -0.3 is 15.1 Å². The fourth-order valence-corrected chi connectivity index (χ4v) is 3.98. The van der Waals surface area contributed by atoms with Crippen molar-refractivity contribution in [3.8, 4) is 0 Å². The number of likely N-dealkylation sites (tertiary alicyclic amines) is 1. The lowest BCUT2D eigenvalue weighted by Crippen LogP contribution is -2.45. The molecule has 2 fully saturated rings. The first-order valence-electron chi connectivity index (χ1n) is 9.39. The van der Waals surface area contributed by atoms with Crippen LogP contribution < -0.4 is 10.2 Å². The molecule has 0 saturated carbocycles. The van der Waals surface area contributed by atoms with Crippen molar-refractivity contribution in [3.63, 3.8) is 0 Å². The number of nitrogens with one attached hydrogen (secondary N) is 1. The van der Waals surface area contributed by atoms with Crippen molar-refractivity contribution in [1.29, 1.82) is 0 Å². The molecule has 144 valence electrons. The summed E-state index contributed by atoms with van der Waals surface area (Å²) in [5, 5.41) is 3.16. The van der Waals surface area contributed by atoms with Crippen molar-refractivity contribution >= 4 is 29.9 Å². The Labute approximate surface area is 162 Å². The van der Waals surface area contributed by atoms with Crippen LogP contribution in [0.25, 0.3) is 0 Å². The van der Waals surface area contributed by atoms with E-state index in [-0.39, 0.29) is 30.3 Å². The summed E-state index contributed by atoms with van der Waals surface area (Å²) in [4.78, 5) is 29.5. The second-order valence-corrected chi connectivity index (χ2v) is 7.46. The van der Waals surface area contributed by atoms with Gasteiger partial charge in [0, 0.05) is 31.4 Å². The van der Waals surface area contributed by atoms with Crippen molar-refractivity contribution in [2.24, 2.45) is 5.92 Å². The Bertz CT molecular complexity index is 632. The van der Waals surface area contributed by atoms with Crippen LogP contribution in [0.2, 0.25) is 0 Å². The van der Waals surface area contributed by atoms with Crippen LogP contribution in [0.1, 0.15) is 44.6 Å². The molecule has 2 aliphatic heterocycles. The molecule has 6 heteroatoms. The lowest BCUT2D eigenvalue weighted by Gasteiger charge is -2.27. The van der Waals surface area contributed by atoms with E-state index < -0.39 is 5.92 Å². The van der Waals surface area contributed by atoms with E-state index in [0.717, 1.165) is 31.6 Å². The summed E-state index contributed by atoms with van der Waals surface area (Å²) in [6, 6.07) is 8.38. The Balaban J connectivity index is 0.00000243. The average molecular weight is 380 g/mol. The molecule has 0 radical (unpaired) electrons. The predicted molar refractivity (Wildman–Crippen MR) is 107 cm³/mol. The Kier molecular flexibility index (Phi) is 7.07. The van der Waals surface area contributed by atoms with Gasteiger partial charge in [0.05, 0.1) is 0 Å². The van der Waals surface area contributed by atoms with Gasteiger partial charge >= 0.3 is 0 Å². The zero-order chi connectivity index (χ0) is 18.0. The third kappa shape index (κ3) is 4.04. The number of hydrogen-bond acceptors (Lipinski definition) is 3. The first kappa shape index (κ1) is 20.7. The Morgan fingerprint density at radius 1 is 1.19 bits per heavy atom. The van der Waals surface area contributed by atoms with E-state index >= 15 is 0 Å². The molecule has 1 aromatic carbocycles. The SMILES string of the molecule is CNCC1CCCN1C(=O)C1CCN(c2ccc(C(C)C)cc2)C1=O.Cl. The zero-order valence-corrected chi connectivity index (χ0v) is 16.7. The number of hydrogen-bond donors (Lipinski definition) is 1. The molecule has 0 bridgehead atoms. The summed E-state index contributed by atoms with van der Waals surface area (Å²) in [6.45, 7) is 6.51. The second-order valence-electron chi connectivity index (χ2n) is 7.46. The first-order valence-corrected chi connectivity index (χ1v) is 9.39. The van der Waals surface area contributed by atoms with Crippen LogP contribution in [-0.4, -0.2) is 49.4 Å². The van der Waals surface area contributed by atoms with E-state index in [4.69, 9.17) is 0 Å². The Morgan fingerprint density at radius 2 is 1.88 bits per heavy atom. The minimum absolute atomic E-state index is 0. The molecule has 1 N–H and O–H groups in total. The molecule has 0 aliphatic carbocycles. The lowest BCUT2D eigenvalue weighted by atomic mass is 10.0. The molecule has 0 aromatic heterocycles. The molecule has 3 rings (SSSR count). The van der Waals surface area contributed by atoms with Gasteiger partial charge in [0.1, 0.15) is 5.92 Å². The maximum atomic E-state index is 12.9. The normalized spacial score (nSPS) is 22.8. The molecule has 26 heavy (non-hydrogen) atoms. The fraction of sp³-hybridized carbons (Fsp3) is 0.600. The average Bonchev–Trinajstić information content (AvgIpc) is 3.21. The largest absolute Gasteiger partial charge is 0.338 e. The topological polar surface area (TPSA) is 52.7 Å². The number of carbonyl (C=O) groups excluding carboxylic acids is 2. The summed E-state index contributed by atoms with van der Waals surface area (Å²) < 4.78 is 0. The van der Waals surface area contributed by atoms with Gasteiger partial charge in [0.25, 0.3) is 0 Å². The van der Waals surface area contributed by atoms with Crippen LogP contribution in [0, 0.1) is 5.92 Å². The van der Waals surface area contributed by atoms with Crippen molar-refractivity contribution in [2.45, 2.75) is 45.1 Å². The van der Waals surface area contributed by atoms with Gasteiger partial charge in [-0.05, 0) is 49.9 Å². The van der Waals surface area contributed by atoms with Crippen molar-refractivity contribution in [1.82, 2.24) is 10.2 Å². The standard InChI is InChI=1S/C20H29N3O2.ClH/c1-14(2)15-6-8-16(9-7-15)23-12-10-18(20(23)25)19(24)22-11-4-5-17(22)13-21-3;/h6-9,14,17-18,21H,4-5,10-13H2,1-3H3;1H. The highest BCUT2D eigenvalue weighted by Crippen LogP contribution is 2.30. The molecule has 2 amide bonds. The number of likely N-dealkylation sites (N-methyl/N-ethyl adjacent to an activating group) is 1. The van der Waals surface area contributed by atoms with Crippen molar-refractivity contribution in [3.05, 3.63) is 29.8 Å². The summed E-state index contributed by atoms with van der Waals surface area (Å²) in [7, 11) is 1.91. The number of anilines is 1. The van der Waals surface area contributed by atoms with Gasteiger partial charge in [-0.25, -0.2) is 0 Å². The lowest BCUT2D eigenvalue weighted by molar-refractivity contribution is -0.140. The summed E-state index contributed by atoms with van der Waals surface area (Å²) >= 11 is 0. The third-order valence-corrected chi connectivity index (χ3v) is 5.47. The fourth-order valence-electron chi connectivity index (χ4n) is 3.98. The van der Waals surface area contributed by atoms with Gasteiger partial charge in [-0.15, -0.1) is 12.4 Å². The van der Waals surface area contributed by atoms with E-state index in [0.29, 0.717) is 18.9 Å². The number of halogens is 1. The van der Waals surface area contributed by atoms with Crippen LogP contribution in [0.4, 0.5) is 5.69 Å². The third-order valence-electron chi connectivity index (χ3n) is 5.47. The summed E-state index contributed by atoms with van der Waals surface area (Å²) in [5.41, 5.74) is 2.16. The zero-order valence-electron chi connectivity index (χ0n) is 15.9. The van der Waals surface area contributed by atoms with Crippen LogP contribution >= 0.6 is 12.4 Å². The molecule has 2 aliphatic rings. The molecule has 0 spiro atoms. The molecule has 2 saturated heterocycles. The van der Waals surface area contributed by atoms with Gasteiger partial charge in [-0.1, -0.05) is 26.0 Å². The minimum Gasteiger partial charge on any atom is -0.338 e. The number of rotatable bonds is 5. The van der Waals surface area contributed by atoms with Crippen molar-refractivity contribution in [2.75, 3.05) is 31.6 Å². The molecule has 2 unspecified atom stereocenters. The Hall–Kier alpha value is -1.59. The van der Waals surface area contributed by atoms with E-state index in [2.05, 4.69) is 31.3 Å². The number of amides is 2. The number of benzene rings is 1. The van der Waals surface area contributed by atoms with Gasteiger partial charge in [0.2, 0.25) is 11.8 Å². The van der Waals surface area contributed by atoms with E-state index in [1.54, 1.807) is 4.90 Å². The summed E-state index contributed by atoms with van der Waals surface area (Å²) in [6.07, 6.45) is 2.67. The maximum Gasteiger partial charge on any atom is 0.239 e. The predicted octanol–water partition coefficient (Wildman–Crippen LogP) is 2.80. The molecule has 1 aromatic rings. The molecule has 2 atom stereocenters. The smallest absolute Gasteiger partial charge is 0.239 e. The first-order chi connectivity index (χ1) is 12.0. The molecular weight excluding hydrogens is 350 g/mol. The van der Waals surface area contributed by atoms with E-state index in [1.807, 2.05) is 24.1 Å². The highest BCUT2D eigenvalue weighted by Gasteiger charge is 2.42. The number of carbonyl (C=O) groups is 2. The summed E-state index contributed by atoms with van der Waals surface area (Å²) in [5.74, 6) is -0.0689. The van der Waals surface area contributed by atoms with Crippen LogP contribution in [-0.2, 0) is 9.59 Å². The number of nitrogens with zero attached hydrogens (tertiary/aromatic N) is 2. The van der Waals surface area contributed by atoms with Crippen molar-refractivity contribution < 1.29 is 9.59 Å². The van der Waals surface area contributed by atoms with E-state index in [1.165, 1.54) is 5.56 Å². The molecular formula is C20H30ClN3O2. The molecule has 2 heterocycles. The quantitative estimate of drug-likeness (QED) is 0.800. The highest BCUT2D eigenvalue weighted by atomic mass is 35.5. The van der Waals surface area contributed by atoms with Crippen LogP contribution in [0.5, 0.6) is 0 Å². The van der Waals surface area contributed by atoms with Gasteiger partial charge in [-0.3, -0.25) is 9.59 Å². The van der Waals surface area contributed by atoms with Crippen LogP contribution in [0.3, 0.4) is 0 Å². The minimum atomic E-state index is -0.512.